The van der Waals surface area contributed by atoms with Gasteiger partial charge in [-0.3, -0.25) is 0 Å². The Morgan fingerprint density at radius 3 is 2.75 bits per heavy atom. The Morgan fingerprint density at radius 1 is 1.50 bits per heavy atom. The molecule has 0 bridgehead atoms. The van der Waals surface area contributed by atoms with Gasteiger partial charge in [0, 0.05) is 0 Å². The van der Waals surface area contributed by atoms with E-state index in [2.05, 4.69) is 5.16 Å². The lowest BCUT2D eigenvalue weighted by molar-refractivity contribution is 0.318. The molecule has 1 rings (SSSR count). The molecular weight excluding hydrogens is 161 g/mol. The zero-order valence-electron chi connectivity index (χ0n) is 6.16. The van der Waals surface area contributed by atoms with E-state index in [0.717, 1.165) is 0 Å². The number of nitrogens with zero attached hydrogens (tertiary/aromatic N) is 1. The van der Waals surface area contributed by atoms with Gasteiger partial charge in [-0.2, -0.15) is 0 Å². The smallest absolute Gasteiger partial charge is 0.173 e. The molecule has 0 aromatic heterocycles. The molecule has 1 aromatic rings. The SMILES string of the molecule is NC(=NO)c1cccc(N)c1F. The van der Waals surface area contributed by atoms with Crippen molar-refractivity contribution >= 4 is 11.5 Å². The van der Waals surface area contributed by atoms with Crippen LogP contribution in [0.3, 0.4) is 0 Å². The summed E-state index contributed by atoms with van der Waals surface area (Å²) in [7, 11) is 0. The Kier molecular flexibility index (Phi) is 2.14. The summed E-state index contributed by atoms with van der Waals surface area (Å²) in [6.45, 7) is 0. The van der Waals surface area contributed by atoms with E-state index in [-0.39, 0.29) is 17.1 Å². The molecule has 4 nitrogen and oxygen atoms in total. The Labute approximate surface area is 68.3 Å². The first-order valence-corrected chi connectivity index (χ1v) is 3.18. The Balaban J connectivity index is 3.26. The van der Waals surface area contributed by atoms with Gasteiger partial charge in [0.2, 0.25) is 0 Å². The summed E-state index contributed by atoms with van der Waals surface area (Å²) in [6.07, 6.45) is 0. The van der Waals surface area contributed by atoms with Crippen LogP contribution in [-0.4, -0.2) is 11.0 Å². The molecule has 0 aliphatic rings. The molecule has 0 atom stereocenters. The third kappa shape index (κ3) is 1.29. The number of hydrogen-bond donors (Lipinski definition) is 3. The average molecular weight is 169 g/mol. The predicted molar refractivity (Wildman–Crippen MR) is 43.3 cm³/mol. The second-order valence-electron chi connectivity index (χ2n) is 2.19. The topological polar surface area (TPSA) is 84.6 Å². The van der Waals surface area contributed by atoms with E-state index < -0.39 is 5.82 Å². The highest BCUT2D eigenvalue weighted by Crippen LogP contribution is 2.13. The van der Waals surface area contributed by atoms with Crippen LogP contribution < -0.4 is 11.5 Å². The average Bonchev–Trinajstić information content (AvgIpc) is 2.08. The van der Waals surface area contributed by atoms with Crippen LogP contribution in [0.15, 0.2) is 23.4 Å². The lowest BCUT2D eigenvalue weighted by Crippen LogP contribution is -2.15. The third-order valence-corrected chi connectivity index (χ3v) is 1.41. The van der Waals surface area contributed by atoms with E-state index in [1.807, 2.05) is 0 Å². The number of benzene rings is 1. The van der Waals surface area contributed by atoms with Crippen molar-refractivity contribution in [2.24, 2.45) is 10.9 Å². The van der Waals surface area contributed by atoms with Gasteiger partial charge in [0.15, 0.2) is 11.7 Å². The fourth-order valence-electron chi connectivity index (χ4n) is 0.802. The van der Waals surface area contributed by atoms with Crippen LogP contribution in [0.5, 0.6) is 0 Å². The van der Waals surface area contributed by atoms with Crippen molar-refractivity contribution in [1.82, 2.24) is 0 Å². The van der Waals surface area contributed by atoms with E-state index in [0.29, 0.717) is 0 Å². The predicted octanol–water partition coefficient (Wildman–Crippen LogP) is 0.502. The molecule has 0 saturated carbocycles. The standard InChI is InChI=1S/C7H8FN3O/c8-6-4(7(10)11-12)2-1-3-5(6)9/h1-3,12H,9H2,(H2,10,11). The van der Waals surface area contributed by atoms with Gasteiger partial charge in [0.05, 0.1) is 11.3 Å². The van der Waals surface area contributed by atoms with Crippen LogP contribution in [0.2, 0.25) is 0 Å². The van der Waals surface area contributed by atoms with Crippen LogP contribution in [0.1, 0.15) is 5.56 Å². The summed E-state index contributed by atoms with van der Waals surface area (Å²) in [5.41, 5.74) is 10.4. The van der Waals surface area contributed by atoms with Crippen molar-refractivity contribution in [2.45, 2.75) is 0 Å². The molecule has 5 heteroatoms. The van der Waals surface area contributed by atoms with Crippen LogP contribution in [0.25, 0.3) is 0 Å². The second-order valence-corrected chi connectivity index (χ2v) is 2.19. The first-order chi connectivity index (χ1) is 5.66. The van der Waals surface area contributed by atoms with Crippen LogP contribution in [0, 0.1) is 5.82 Å². The van der Waals surface area contributed by atoms with Crippen LogP contribution in [-0.2, 0) is 0 Å². The number of halogens is 1. The van der Waals surface area contributed by atoms with Crippen molar-refractivity contribution in [1.29, 1.82) is 0 Å². The minimum Gasteiger partial charge on any atom is -0.409 e. The van der Waals surface area contributed by atoms with Crippen LogP contribution >= 0.6 is 0 Å². The van der Waals surface area contributed by atoms with Crippen molar-refractivity contribution in [2.75, 3.05) is 5.73 Å². The first-order valence-electron chi connectivity index (χ1n) is 3.18. The lowest BCUT2D eigenvalue weighted by Gasteiger charge is -2.01. The fraction of sp³-hybridized carbons (Fsp3) is 0. The second kappa shape index (κ2) is 3.08. The number of anilines is 1. The Morgan fingerprint density at radius 2 is 2.17 bits per heavy atom. The Hall–Kier alpha value is -1.78. The maximum atomic E-state index is 13.0. The molecule has 0 radical (unpaired) electrons. The van der Waals surface area contributed by atoms with Gasteiger partial charge in [-0.25, -0.2) is 4.39 Å². The first kappa shape index (κ1) is 8.32. The minimum atomic E-state index is -0.673. The Bertz CT molecular complexity index is 324. The van der Waals surface area contributed by atoms with Gasteiger partial charge in [0.25, 0.3) is 0 Å². The van der Waals surface area contributed by atoms with Gasteiger partial charge in [-0.15, -0.1) is 0 Å². The monoisotopic (exact) mass is 169 g/mol. The molecule has 64 valence electrons. The maximum Gasteiger partial charge on any atom is 0.173 e. The highest BCUT2D eigenvalue weighted by atomic mass is 19.1. The number of nitrogen functional groups attached to an aromatic ring is 1. The van der Waals surface area contributed by atoms with Gasteiger partial charge >= 0.3 is 0 Å². The summed E-state index contributed by atoms with van der Waals surface area (Å²) in [5, 5.41) is 10.9. The molecule has 0 spiro atoms. The molecule has 5 N–H and O–H groups in total. The molecule has 0 fully saturated rings. The highest BCUT2D eigenvalue weighted by molar-refractivity contribution is 5.98. The molecule has 12 heavy (non-hydrogen) atoms. The van der Waals surface area contributed by atoms with E-state index in [9.17, 15) is 4.39 Å². The molecule has 0 aliphatic carbocycles. The summed E-state index contributed by atoms with van der Waals surface area (Å²) in [6, 6.07) is 4.29. The molecule has 0 amide bonds. The van der Waals surface area contributed by atoms with Gasteiger partial charge in [-0.05, 0) is 12.1 Å². The molecule has 0 unspecified atom stereocenters. The highest BCUT2D eigenvalue weighted by Gasteiger charge is 2.08. The van der Waals surface area contributed by atoms with Crippen molar-refractivity contribution < 1.29 is 9.60 Å². The quantitative estimate of drug-likeness (QED) is 0.188. The van der Waals surface area contributed by atoms with Gasteiger partial charge in [0.1, 0.15) is 0 Å². The summed E-state index contributed by atoms with van der Waals surface area (Å²) >= 11 is 0. The zero-order chi connectivity index (χ0) is 9.14. The number of hydrogen-bond acceptors (Lipinski definition) is 3. The zero-order valence-corrected chi connectivity index (χ0v) is 6.16. The normalized spacial score (nSPS) is 11.6. The molecular formula is C7H8FN3O. The van der Waals surface area contributed by atoms with Crippen molar-refractivity contribution in [3.63, 3.8) is 0 Å². The van der Waals surface area contributed by atoms with Crippen molar-refractivity contribution in [3.05, 3.63) is 29.6 Å². The van der Waals surface area contributed by atoms with Crippen molar-refractivity contribution in [3.8, 4) is 0 Å². The maximum absolute atomic E-state index is 13.0. The number of amidine groups is 1. The number of oxime groups is 1. The molecule has 0 aliphatic heterocycles. The minimum absolute atomic E-state index is 0.00231. The molecule has 1 aromatic carbocycles. The van der Waals surface area contributed by atoms with Gasteiger partial charge in [-0.1, -0.05) is 11.2 Å². The fourth-order valence-corrected chi connectivity index (χ4v) is 0.802. The third-order valence-electron chi connectivity index (χ3n) is 1.41. The molecule has 0 saturated heterocycles. The van der Waals surface area contributed by atoms with Crippen LogP contribution in [0.4, 0.5) is 10.1 Å². The van der Waals surface area contributed by atoms with Gasteiger partial charge < -0.3 is 16.7 Å². The van der Waals surface area contributed by atoms with E-state index in [1.54, 1.807) is 0 Å². The summed E-state index contributed by atoms with van der Waals surface area (Å²) < 4.78 is 13.0. The summed E-state index contributed by atoms with van der Waals surface area (Å²) in [5.74, 6) is -0.965. The summed E-state index contributed by atoms with van der Waals surface area (Å²) in [4.78, 5) is 0. The lowest BCUT2D eigenvalue weighted by atomic mass is 10.2. The largest absolute Gasteiger partial charge is 0.409 e. The number of rotatable bonds is 1. The molecule has 0 heterocycles. The van der Waals surface area contributed by atoms with E-state index in [4.69, 9.17) is 16.7 Å². The van der Waals surface area contributed by atoms with E-state index in [1.165, 1.54) is 18.2 Å². The van der Waals surface area contributed by atoms with E-state index >= 15 is 0 Å². The number of nitrogens with two attached hydrogens (primary N) is 2.